The maximum absolute atomic E-state index is 3.58. The summed E-state index contributed by atoms with van der Waals surface area (Å²) in [5.74, 6) is 0. The van der Waals surface area contributed by atoms with Gasteiger partial charge in [-0.1, -0.05) is 18.2 Å². The van der Waals surface area contributed by atoms with Crippen molar-refractivity contribution in [3.05, 3.63) is 29.8 Å². The van der Waals surface area contributed by atoms with Crippen molar-refractivity contribution in [3.8, 4) is 0 Å². The summed E-state index contributed by atoms with van der Waals surface area (Å²) in [5.41, 5.74) is 2.88. The highest BCUT2D eigenvalue weighted by molar-refractivity contribution is 5.53. The number of para-hydroxylation sites is 1. The van der Waals surface area contributed by atoms with Gasteiger partial charge in [0.05, 0.1) is 0 Å². The molecule has 0 bridgehead atoms. The molecule has 0 heterocycles. The van der Waals surface area contributed by atoms with Gasteiger partial charge in [-0.3, -0.25) is 0 Å². The lowest BCUT2D eigenvalue weighted by Gasteiger charge is -2.34. The number of likely N-dealkylation sites (N-methyl/N-ethyl adjacent to an activating group) is 1. The van der Waals surface area contributed by atoms with Crippen LogP contribution in [0, 0.1) is 6.92 Å². The van der Waals surface area contributed by atoms with E-state index >= 15 is 0 Å². The van der Waals surface area contributed by atoms with Gasteiger partial charge in [-0.2, -0.15) is 0 Å². The average Bonchev–Trinajstić information content (AvgIpc) is 2.29. The minimum atomic E-state index is 0.180. The zero-order valence-electron chi connectivity index (χ0n) is 12.7. The molecule has 18 heavy (non-hydrogen) atoms. The van der Waals surface area contributed by atoms with Crippen molar-refractivity contribution in [1.82, 2.24) is 5.32 Å². The SMILES string of the molecule is CCN(c1ccccc1C)C(C)CNC(C)(C)C. The molecule has 0 aliphatic carbocycles. The maximum Gasteiger partial charge on any atom is 0.0398 e. The first-order valence-corrected chi connectivity index (χ1v) is 6.92. The monoisotopic (exact) mass is 248 g/mol. The quantitative estimate of drug-likeness (QED) is 0.856. The van der Waals surface area contributed by atoms with Gasteiger partial charge < -0.3 is 10.2 Å². The molecule has 1 aromatic carbocycles. The zero-order chi connectivity index (χ0) is 13.8. The number of rotatable bonds is 5. The summed E-state index contributed by atoms with van der Waals surface area (Å²) < 4.78 is 0. The van der Waals surface area contributed by atoms with Crippen molar-refractivity contribution < 1.29 is 0 Å². The second-order valence-corrected chi connectivity index (χ2v) is 6.05. The fourth-order valence-electron chi connectivity index (χ4n) is 2.17. The van der Waals surface area contributed by atoms with Crippen LogP contribution < -0.4 is 10.2 Å². The molecule has 1 atom stereocenters. The van der Waals surface area contributed by atoms with Crippen LogP contribution >= 0.6 is 0 Å². The molecule has 1 N–H and O–H groups in total. The third-order valence-electron chi connectivity index (χ3n) is 3.23. The Morgan fingerprint density at radius 1 is 1.22 bits per heavy atom. The van der Waals surface area contributed by atoms with Gasteiger partial charge >= 0.3 is 0 Å². The van der Waals surface area contributed by atoms with Crippen molar-refractivity contribution in [2.24, 2.45) is 0 Å². The molecule has 0 aliphatic heterocycles. The van der Waals surface area contributed by atoms with E-state index in [1.807, 2.05) is 0 Å². The van der Waals surface area contributed by atoms with Crippen LogP contribution in [0.3, 0.4) is 0 Å². The molecule has 0 aromatic heterocycles. The maximum atomic E-state index is 3.58. The van der Waals surface area contributed by atoms with Crippen LogP contribution in [0.25, 0.3) is 0 Å². The Morgan fingerprint density at radius 3 is 2.33 bits per heavy atom. The summed E-state index contributed by atoms with van der Waals surface area (Å²) in [5, 5.41) is 3.58. The highest BCUT2D eigenvalue weighted by Crippen LogP contribution is 2.21. The first kappa shape index (κ1) is 15.0. The van der Waals surface area contributed by atoms with E-state index < -0.39 is 0 Å². The minimum absolute atomic E-state index is 0.180. The second-order valence-electron chi connectivity index (χ2n) is 6.05. The first-order valence-electron chi connectivity index (χ1n) is 6.92. The Balaban J connectivity index is 2.75. The lowest BCUT2D eigenvalue weighted by atomic mass is 10.1. The topological polar surface area (TPSA) is 15.3 Å². The number of anilines is 1. The van der Waals surface area contributed by atoms with Gasteiger partial charge in [0.2, 0.25) is 0 Å². The van der Waals surface area contributed by atoms with Crippen molar-refractivity contribution in [3.63, 3.8) is 0 Å². The van der Waals surface area contributed by atoms with Crippen molar-refractivity contribution in [2.45, 2.75) is 53.1 Å². The summed E-state index contributed by atoms with van der Waals surface area (Å²) >= 11 is 0. The normalized spacial score (nSPS) is 13.4. The van der Waals surface area contributed by atoms with E-state index in [-0.39, 0.29) is 5.54 Å². The standard InChI is InChI=1S/C16H28N2/c1-7-18(14(3)12-17-16(4,5)6)15-11-9-8-10-13(15)2/h8-11,14,17H,7,12H2,1-6H3. The molecular weight excluding hydrogens is 220 g/mol. The van der Waals surface area contributed by atoms with Gasteiger partial charge in [0.25, 0.3) is 0 Å². The van der Waals surface area contributed by atoms with Gasteiger partial charge in [-0.15, -0.1) is 0 Å². The fraction of sp³-hybridized carbons (Fsp3) is 0.625. The predicted molar refractivity (Wildman–Crippen MR) is 81.4 cm³/mol. The summed E-state index contributed by atoms with van der Waals surface area (Å²) in [6.07, 6.45) is 0. The molecule has 0 spiro atoms. The minimum Gasteiger partial charge on any atom is -0.368 e. The Morgan fingerprint density at radius 2 is 1.83 bits per heavy atom. The number of hydrogen-bond acceptors (Lipinski definition) is 2. The van der Waals surface area contributed by atoms with E-state index in [9.17, 15) is 0 Å². The average molecular weight is 248 g/mol. The van der Waals surface area contributed by atoms with Crippen LogP contribution in [-0.4, -0.2) is 24.7 Å². The number of nitrogens with one attached hydrogen (secondary N) is 1. The van der Waals surface area contributed by atoms with Gasteiger partial charge in [0.15, 0.2) is 0 Å². The lowest BCUT2D eigenvalue weighted by molar-refractivity contribution is 0.405. The zero-order valence-corrected chi connectivity index (χ0v) is 12.7. The summed E-state index contributed by atoms with van der Waals surface area (Å²) in [7, 11) is 0. The van der Waals surface area contributed by atoms with Crippen molar-refractivity contribution in [1.29, 1.82) is 0 Å². The molecular formula is C16H28N2. The molecule has 0 aliphatic rings. The molecule has 1 unspecified atom stereocenters. The Bertz CT molecular complexity index is 366. The Hall–Kier alpha value is -1.02. The van der Waals surface area contributed by atoms with E-state index in [1.54, 1.807) is 0 Å². The number of hydrogen-bond donors (Lipinski definition) is 1. The molecule has 1 aromatic rings. The first-order chi connectivity index (χ1) is 8.35. The van der Waals surface area contributed by atoms with Gasteiger partial charge in [-0.25, -0.2) is 0 Å². The van der Waals surface area contributed by atoms with Crippen molar-refractivity contribution in [2.75, 3.05) is 18.0 Å². The smallest absolute Gasteiger partial charge is 0.0398 e. The van der Waals surface area contributed by atoms with E-state index in [0.717, 1.165) is 13.1 Å². The number of nitrogens with zero attached hydrogens (tertiary/aromatic N) is 1. The van der Waals surface area contributed by atoms with Gasteiger partial charge in [0, 0.05) is 30.4 Å². The molecule has 0 saturated carbocycles. The molecule has 0 saturated heterocycles. The molecule has 102 valence electrons. The van der Waals surface area contributed by atoms with Crippen LogP contribution in [-0.2, 0) is 0 Å². The molecule has 2 nitrogen and oxygen atoms in total. The van der Waals surface area contributed by atoms with Crippen LogP contribution in [0.5, 0.6) is 0 Å². The molecule has 0 amide bonds. The van der Waals surface area contributed by atoms with Crippen LogP contribution in [0.15, 0.2) is 24.3 Å². The summed E-state index contributed by atoms with van der Waals surface area (Å²) in [6, 6.07) is 9.11. The largest absolute Gasteiger partial charge is 0.368 e. The Labute approximate surface area is 112 Å². The third kappa shape index (κ3) is 4.34. The van der Waals surface area contributed by atoms with Crippen LogP contribution in [0.1, 0.15) is 40.2 Å². The van der Waals surface area contributed by atoms with Gasteiger partial charge in [0.1, 0.15) is 0 Å². The number of benzene rings is 1. The number of aryl methyl sites for hydroxylation is 1. The predicted octanol–water partition coefficient (Wildman–Crippen LogP) is 3.60. The second kappa shape index (κ2) is 6.24. The molecule has 0 radical (unpaired) electrons. The highest BCUT2D eigenvalue weighted by Gasteiger charge is 2.17. The van der Waals surface area contributed by atoms with E-state index in [4.69, 9.17) is 0 Å². The van der Waals surface area contributed by atoms with Crippen molar-refractivity contribution >= 4 is 5.69 Å². The van der Waals surface area contributed by atoms with Crippen LogP contribution in [0.2, 0.25) is 0 Å². The lowest BCUT2D eigenvalue weighted by Crippen LogP contribution is -2.46. The van der Waals surface area contributed by atoms with Crippen LogP contribution in [0.4, 0.5) is 5.69 Å². The van der Waals surface area contributed by atoms with E-state index in [0.29, 0.717) is 6.04 Å². The Kier molecular flexibility index (Phi) is 5.21. The molecule has 0 fully saturated rings. The van der Waals surface area contributed by atoms with Gasteiger partial charge in [-0.05, 0) is 53.2 Å². The molecule has 1 rings (SSSR count). The summed E-state index contributed by atoms with van der Waals surface area (Å²) in [4.78, 5) is 2.47. The van der Waals surface area contributed by atoms with E-state index in [1.165, 1.54) is 11.3 Å². The fourth-order valence-corrected chi connectivity index (χ4v) is 2.17. The summed E-state index contributed by atoms with van der Waals surface area (Å²) in [6.45, 7) is 15.4. The highest BCUT2D eigenvalue weighted by atomic mass is 15.2. The van der Waals surface area contributed by atoms with E-state index in [2.05, 4.69) is 76.0 Å². The third-order valence-corrected chi connectivity index (χ3v) is 3.23. The molecule has 2 heteroatoms.